The molecule has 0 fully saturated rings. The molecule has 0 saturated carbocycles. The molecule has 0 aliphatic rings. The van der Waals surface area contributed by atoms with Crippen molar-refractivity contribution < 1.29 is 28.6 Å². The van der Waals surface area contributed by atoms with Crippen LogP contribution in [0.2, 0.25) is 0 Å². The van der Waals surface area contributed by atoms with Crippen LogP contribution in [0.4, 0.5) is 4.79 Å². The predicted octanol–water partition coefficient (Wildman–Crippen LogP) is 5.08. The number of methoxy groups -OCH3 is 1. The van der Waals surface area contributed by atoms with Crippen LogP contribution in [-0.4, -0.2) is 36.8 Å². The van der Waals surface area contributed by atoms with Gasteiger partial charge in [-0.2, -0.15) is 0 Å². The first-order valence-electron chi connectivity index (χ1n) is 11.1. The Kier molecular flexibility index (Phi) is 12.8. The van der Waals surface area contributed by atoms with Gasteiger partial charge in [-0.1, -0.05) is 55.3 Å². The second-order valence-corrected chi connectivity index (χ2v) is 8.53. The van der Waals surface area contributed by atoms with Crippen molar-refractivity contribution >= 4 is 18.0 Å². The number of ether oxygens (including phenoxy) is 3. The molecule has 0 saturated heterocycles. The molecule has 1 amide bonds. The first-order valence-corrected chi connectivity index (χ1v) is 11.1. The maximum Gasteiger partial charge on any atom is 0.408 e. The number of alkyl carbamates (subject to hydrolysis) is 1. The molecule has 0 spiro atoms. The molecule has 0 aliphatic carbocycles. The normalized spacial score (nSPS) is 12.2. The first-order chi connectivity index (χ1) is 15.2. The standard InChI is InChI=1S/C25H37NO6/c1-25(2,3)32-22(27)18-14-9-7-5-6-8-13-17-21(23(28)30-4)26-24(29)31-19-20-15-11-10-12-16-20/h8,10-13,15-16,21H,5-7,9,14,17-19H2,1-4H3,(H,26,29)/b13-8+/t21-/m0/s1. The van der Waals surface area contributed by atoms with E-state index < -0.39 is 23.7 Å². The maximum absolute atomic E-state index is 12.0. The molecule has 0 unspecified atom stereocenters. The van der Waals surface area contributed by atoms with Crippen LogP contribution in [0.1, 0.15) is 71.3 Å². The van der Waals surface area contributed by atoms with Gasteiger partial charge in [0, 0.05) is 6.42 Å². The average Bonchev–Trinajstić information content (AvgIpc) is 2.74. The van der Waals surface area contributed by atoms with Crippen LogP contribution in [0.3, 0.4) is 0 Å². The summed E-state index contributed by atoms with van der Waals surface area (Å²) in [5, 5.41) is 2.55. The van der Waals surface area contributed by atoms with E-state index in [1.807, 2.05) is 63.3 Å². The van der Waals surface area contributed by atoms with Crippen LogP contribution in [0.25, 0.3) is 0 Å². The fraction of sp³-hybridized carbons (Fsp3) is 0.560. The summed E-state index contributed by atoms with van der Waals surface area (Å²) in [6.45, 7) is 5.73. The van der Waals surface area contributed by atoms with E-state index in [1.165, 1.54) is 7.11 Å². The van der Waals surface area contributed by atoms with Crippen LogP contribution >= 0.6 is 0 Å². The van der Waals surface area contributed by atoms with E-state index in [2.05, 4.69) is 5.32 Å². The van der Waals surface area contributed by atoms with Crippen molar-refractivity contribution in [1.82, 2.24) is 5.32 Å². The van der Waals surface area contributed by atoms with Gasteiger partial charge in [-0.05, 0) is 52.0 Å². The maximum atomic E-state index is 12.0. The second-order valence-electron chi connectivity index (χ2n) is 8.53. The number of amides is 1. The molecule has 1 atom stereocenters. The van der Waals surface area contributed by atoms with E-state index in [0.29, 0.717) is 12.8 Å². The van der Waals surface area contributed by atoms with Gasteiger partial charge in [0.2, 0.25) is 0 Å². The molecule has 7 heteroatoms. The zero-order valence-corrected chi connectivity index (χ0v) is 19.7. The van der Waals surface area contributed by atoms with Crippen molar-refractivity contribution in [1.29, 1.82) is 0 Å². The van der Waals surface area contributed by atoms with Crippen LogP contribution in [0, 0.1) is 0 Å². The van der Waals surface area contributed by atoms with E-state index in [9.17, 15) is 14.4 Å². The van der Waals surface area contributed by atoms with Crippen molar-refractivity contribution in [3.63, 3.8) is 0 Å². The zero-order chi connectivity index (χ0) is 23.8. The third kappa shape index (κ3) is 13.5. The Morgan fingerprint density at radius 2 is 1.69 bits per heavy atom. The van der Waals surface area contributed by atoms with E-state index in [1.54, 1.807) is 0 Å². The molecule has 7 nitrogen and oxygen atoms in total. The number of carbonyl (C=O) groups is 3. The summed E-state index contributed by atoms with van der Waals surface area (Å²) in [5.74, 6) is -0.672. The van der Waals surface area contributed by atoms with E-state index in [-0.39, 0.29) is 12.6 Å². The number of hydrogen-bond donors (Lipinski definition) is 1. The quantitative estimate of drug-likeness (QED) is 0.196. The topological polar surface area (TPSA) is 90.9 Å². The highest BCUT2D eigenvalue weighted by molar-refractivity contribution is 5.81. The largest absolute Gasteiger partial charge is 0.467 e. The summed E-state index contributed by atoms with van der Waals surface area (Å²) >= 11 is 0. The number of hydrogen-bond acceptors (Lipinski definition) is 6. The second kappa shape index (κ2) is 15.1. The van der Waals surface area contributed by atoms with Crippen LogP contribution < -0.4 is 5.32 Å². The molecule has 32 heavy (non-hydrogen) atoms. The van der Waals surface area contributed by atoms with E-state index >= 15 is 0 Å². The molecule has 0 bridgehead atoms. The minimum atomic E-state index is -0.798. The number of esters is 2. The van der Waals surface area contributed by atoms with E-state index in [0.717, 1.165) is 37.7 Å². The lowest BCUT2D eigenvalue weighted by molar-refractivity contribution is -0.155. The van der Waals surface area contributed by atoms with Crippen molar-refractivity contribution in [2.45, 2.75) is 84.0 Å². The lowest BCUT2D eigenvalue weighted by Crippen LogP contribution is -2.41. The van der Waals surface area contributed by atoms with Gasteiger partial charge < -0.3 is 19.5 Å². The highest BCUT2D eigenvalue weighted by atomic mass is 16.6. The molecule has 1 N–H and O–H groups in total. The average molecular weight is 448 g/mol. The molecule has 1 aromatic rings. The molecule has 1 aromatic carbocycles. The van der Waals surface area contributed by atoms with Gasteiger partial charge in [-0.25, -0.2) is 9.59 Å². The zero-order valence-electron chi connectivity index (χ0n) is 19.7. The summed E-state index contributed by atoms with van der Waals surface area (Å²) in [6, 6.07) is 8.51. The molecular weight excluding hydrogens is 410 g/mol. The SMILES string of the molecule is COC(=O)[C@H](C/C=C/CCCCCCC(=O)OC(C)(C)C)NC(=O)OCc1ccccc1. The Hall–Kier alpha value is -2.83. The number of unbranched alkanes of at least 4 members (excludes halogenated alkanes) is 4. The molecule has 178 valence electrons. The number of benzene rings is 1. The fourth-order valence-electron chi connectivity index (χ4n) is 2.89. The Morgan fingerprint density at radius 3 is 2.34 bits per heavy atom. The lowest BCUT2D eigenvalue weighted by atomic mass is 10.1. The Morgan fingerprint density at radius 1 is 1.00 bits per heavy atom. The summed E-state index contributed by atoms with van der Waals surface area (Å²) in [5.41, 5.74) is 0.431. The van der Waals surface area contributed by atoms with Crippen molar-refractivity contribution in [2.75, 3.05) is 7.11 Å². The number of carbonyl (C=O) groups excluding carboxylic acids is 3. The minimum Gasteiger partial charge on any atom is -0.467 e. The molecule has 0 aromatic heterocycles. The van der Waals surface area contributed by atoms with Gasteiger partial charge in [-0.3, -0.25) is 4.79 Å². The number of nitrogens with one attached hydrogen (secondary N) is 1. The van der Waals surface area contributed by atoms with Crippen molar-refractivity contribution in [3.8, 4) is 0 Å². The van der Waals surface area contributed by atoms with Crippen LogP contribution in [0.15, 0.2) is 42.5 Å². The highest BCUT2D eigenvalue weighted by Gasteiger charge is 2.21. The van der Waals surface area contributed by atoms with Crippen molar-refractivity contribution in [2.24, 2.45) is 0 Å². The summed E-state index contributed by atoms with van der Waals surface area (Å²) in [4.78, 5) is 35.6. The van der Waals surface area contributed by atoms with Gasteiger partial charge in [0.05, 0.1) is 7.11 Å². The third-order valence-electron chi connectivity index (χ3n) is 4.45. The molecular formula is C25H37NO6. The molecule has 1 rings (SSSR count). The van der Waals surface area contributed by atoms with Gasteiger partial charge in [0.25, 0.3) is 0 Å². The lowest BCUT2D eigenvalue weighted by Gasteiger charge is -2.19. The predicted molar refractivity (Wildman–Crippen MR) is 123 cm³/mol. The van der Waals surface area contributed by atoms with E-state index in [4.69, 9.17) is 14.2 Å². The monoisotopic (exact) mass is 447 g/mol. The smallest absolute Gasteiger partial charge is 0.408 e. The molecule has 0 heterocycles. The summed E-state index contributed by atoms with van der Waals surface area (Å²) in [7, 11) is 1.29. The summed E-state index contributed by atoms with van der Waals surface area (Å²) in [6.07, 6.45) is 8.59. The van der Waals surface area contributed by atoms with Crippen LogP contribution in [0.5, 0.6) is 0 Å². The number of allylic oxidation sites excluding steroid dienone is 1. The fourth-order valence-corrected chi connectivity index (χ4v) is 2.89. The van der Waals surface area contributed by atoms with Crippen molar-refractivity contribution in [3.05, 3.63) is 48.0 Å². The number of rotatable bonds is 13. The van der Waals surface area contributed by atoms with Gasteiger partial charge in [-0.15, -0.1) is 0 Å². The third-order valence-corrected chi connectivity index (χ3v) is 4.45. The first kappa shape index (κ1) is 27.2. The Labute approximate surface area is 191 Å². The Bertz CT molecular complexity index is 724. The summed E-state index contributed by atoms with van der Waals surface area (Å²) < 4.78 is 15.2. The molecule has 0 aliphatic heterocycles. The highest BCUT2D eigenvalue weighted by Crippen LogP contribution is 2.12. The van der Waals surface area contributed by atoms with Crippen LogP contribution in [-0.2, 0) is 30.4 Å². The minimum absolute atomic E-state index is 0.129. The molecule has 0 radical (unpaired) electrons. The van der Waals surface area contributed by atoms with Gasteiger partial charge in [0.15, 0.2) is 0 Å². The van der Waals surface area contributed by atoms with Gasteiger partial charge in [0.1, 0.15) is 18.2 Å². The Balaban J connectivity index is 2.23. The van der Waals surface area contributed by atoms with Gasteiger partial charge >= 0.3 is 18.0 Å².